The van der Waals surface area contributed by atoms with E-state index >= 15 is 0 Å². The number of rotatable bonds is 4. The predicted molar refractivity (Wildman–Crippen MR) is 108 cm³/mol. The lowest BCUT2D eigenvalue weighted by Gasteiger charge is -2.10. The second-order valence-corrected chi connectivity index (χ2v) is 6.94. The third kappa shape index (κ3) is 3.17. The van der Waals surface area contributed by atoms with E-state index in [1.165, 1.54) is 0 Å². The number of hydrogen-bond acceptors (Lipinski definition) is 3. The summed E-state index contributed by atoms with van der Waals surface area (Å²) in [6.07, 6.45) is 2.78. The first kappa shape index (κ1) is 18.0. The molecule has 0 radical (unpaired) electrons. The van der Waals surface area contributed by atoms with Gasteiger partial charge >= 0.3 is 0 Å². The van der Waals surface area contributed by atoms with E-state index < -0.39 is 0 Å². The summed E-state index contributed by atoms with van der Waals surface area (Å²) < 4.78 is 1.88. The molecule has 0 aliphatic heterocycles. The highest BCUT2D eigenvalue weighted by Gasteiger charge is 2.27. The molecule has 0 saturated carbocycles. The van der Waals surface area contributed by atoms with Gasteiger partial charge in [-0.05, 0) is 56.0 Å². The van der Waals surface area contributed by atoms with Gasteiger partial charge in [0.25, 0.3) is 11.8 Å². The standard InChI is InChI=1S/C22H22N4O2/c1-14-11-12-15(21(27)23-2)13-18(14)24-22(28)20-17-9-6-10-19(17)26(25-20)16-7-4-3-5-8-16/h3-5,7-8,11-13H,6,9-10H2,1-2H3,(H,23,27)(H,24,28). The number of aryl methyl sites for hydroxylation is 1. The highest BCUT2D eigenvalue weighted by atomic mass is 16.2. The van der Waals surface area contributed by atoms with Crippen LogP contribution in [0.1, 0.15) is 44.1 Å². The van der Waals surface area contributed by atoms with Gasteiger partial charge < -0.3 is 10.6 Å². The van der Waals surface area contributed by atoms with E-state index in [2.05, 4.69) is 15.7 Å². The Morgan fingerprint density at radius 1 is 1.04 bits per heavy atom. The molecule has 0 saturated heterocycles. The largest absolute Gasteiger partial charge is 0.355 e. The lowest BCUT2D eigenvalue weighted by Crippen LogP contribution is -2.19. The highest BCUT2D eigenvalue weighted by Crippen LogP contribution is 2.28. The number of nitrogens with zero attached hydrogens (tertiary/aromatic N) is 2. The van der Waals surface area contributed by atoms with Gasteiger partial charge in [0.1, 0.15) is 0 Å². The van der Waals surface area contributed by atoms with E-state index in [4.69, 9.17) is 0 Å². The first-order chi connectivity index (χ1) is 13.6. The Morgan fingerprint density at radius 2 is 1.82 bits per heavy atom. The number of carbonyl (C=O) groups excluding carboxylic acids is 2. The number of nitrogens with one attached hydrogen (secondary N) is 2. The van der Waals surface area contributed by atoms with E-state index in [0.717, 1.165) is 41.8 Å². The third-order valence-corrected chi connectivity index (χ3v) is 5.12. The van der Waals surface area contributed by atoms with E-state index in [1.807, 2.05) is 48.0 Å². The molecule has 2 amide bonds. The SMILES string of the molecule is CNC(=O)c1ccc(C)c(NC(=O)c2nn(-c3ccccc3)c3c2CCC3)c1. The van der Waals surface area contributed by atoms with Gasteiger partial charge in [0.15, 0.2) is 5.69 Å². The lowest BCUT2D eigenvalue weighted by atomic mass is 10.1. The van der Waals surface area contributed by atoms with Crippen LogP contribution in [0.15, 0.2) is 48.5 Å². The fourth-order valence-electron chi connectivity index (χ4n) is 3.63. The topological polar surface area (TPSA) is 76.0 Å². The van der Waals surface area contributed by atoms with E-state index in [-0.39, 0.29) is 11.8 Å². The smallest absolute Gasteiger partial charge is 0.276 e. The Morgan fingerprint density at radius 3 is 2.57 bits per heavy atom. The average Bonchev–Trinajstić information content (AvgIpc) is 3.32. The Balaban J connectivity index is 1.68. The monoisotopic (exact) mass is 374 g/mol. The third-order valence-electron chi connectivity index (χ3n) is 5.12. The molecule has 3 aromatic rings. The number of hydrogen-bond donors (Lipinski definition) is 2. The van der Waals surface area contributed by atoms with Crippen LogP contribution in [0.4, 0.5) is 5.69 Å². The molecule has 1 aliphatic carbocycles. The molecule has 142 valence electrons. The number of fused-ring (bicyclic) bond motifs is 1. The van der Waals surface area contributed by atoms with Crippen LogP contribution in [0.25, 0.3) is 5.69 Å². The van der Waals surface area contributed by atoms with E-state index in [0.29, 0.717) is 16.9 Å². The Hall–Kier alpha value is -3.41. The van der Waals surface area contributed by atoms with Crippen LogP contribution in [-0.2, 0) is 12.8 Å². The summed E-state index contributed by atoms with van der Waals surface area (Å²) in [5.41, 5.74) is 5.54. The molecule has 6 heteroatoms. The summed E-state index contributed by atoms with van der Waals surface area (Å²) >= 11 is 0. The van der Waals surface area contributed by atoms with Crippen molar-refractivity contribution in [2.24, 2.45) is 0 Å². The number of anilines is 1. The zero-order valence-electron chi connectivity index (χ0n) is 16.0. The quantitative estimate of drug-likeness (QED) is 0.736. The van der Waals surface area contributed by atoms with Gasteiger partial charge in [0, 0.05) is 29.6 Å². The number of para-hydroxylation sites is 1. The van der Waals surface area contributed by atoms with Gasteiger partial charge in [-0.3, -0.25) is 9.59 Å². The minimum Gasteiger partial charge on any atom is -0.355 e. The molecule has 1 aliphatic rings. The van der Waals surface area contributed by atoms with Crippen LogP contribution < -0.4 is 10.6 Å². The van der Waals surface area contributed by atoms with Crippen LogP contribution in [0.3, 0.4) is 0 Å². The first-order valence-electron chi connectivity index (χ1n) is 9.38. The minimum atomic E-state index is -0.245. The van der Waals surface area contributed by atoms with Gasteiger partial charge in [0.2, 0.25) is 0 Å². The molecule has 0 bridgehead atoms. The van der Waals surface area contributed by atoms with Crippen molar-refractivity contribution in [3.63, 3.8) is 0 Å². The van der Waals surface area contributed by atoms with Crippen molar-refractivity contribution in [1.82, 2.24) is 15.1 Å². The summed E-state index contributed by atoms with van der Waals surface area (Å²) in [6, 6.07) is 15.1. The van der Waals surface area contributed by atoms with Crippen LogP contribution in [0.5, 0.6) is 0 Å². The summed E-state index contributed by atoms with van der Waals surface area (Å²) in [5, 5.41) is 10.2. The number of aromatic nitrogens is 2. The number of amides is 2. The molecule has 1 aromatic heterocycles. The average molecular weight is 374 g/mol. The molecular formula is C22H22N4O2. The molecule has 0 atom stereocenters. The summed E-state index contributed by atoms with van der Waals surface area (Å²) in [7, 11) is 1.58. The second-order valence-electron chi connectivity index (χ2n) is 6.94. The maximum atomic E-state index is 13.0. The maximum Gasteiger partial charge on any atom is 0.276 e. The van der Waals surface area contributed by atoms with Crippen LogP contribution in [-0.4, -0.2) is 28.6 Å². The molecule has 6 nitrogen and oxygen atoms in total. The molecule has 2 aromatic carbocycles. The molecule has 0 unspecified atom stereocenters. The van der Waals surface area contributed by atoms with Crippen LogP contribution in [0.2, 0.25) is 0 Å². The maximum absolute atomic E-state index is 13.0. The predicted octanol–water partition coefficient (Wildman–Crippen LogP) is 3.28. The van der Waals surface area contributed by atoms with Gasteiger partial charge in [-0.25, -0.2) is 4.68 Å². The lowest BCUT2D eigenvalue weighted by molar-refractivity contribution is 0.0961. The van der Waals surface area contributed by atoms with Gasteiger partial charge in [0.05, 0.1) is 5.69 Å². The summed E-state index contributed by atoms with van der Waals surface area (Å²) in [6.45, 7) is 1.90. The van der Waals surface area contributed by atoms with Crippen LogP contribution in [0, 0.1) is 6.92 Å². The fraction of sp³-hybridized carbons (Fsp3) is 0.227. The summed E-state index contributed by atoms with van der Waals surface area (Å²) in [5.74, 6) is -0.435. The molecular weight excluding hydrogens is 352 g/mol. The second kappa shape index (κ2) is 7.31. The normalized spacial score (nSPS) is 12.5. The number of carbonyl (C=O) groups is 2. The van der Waals surface area contributed by atoms with Gasteiger partial charge in [-0.15, -0.1) is 0 Å². The molecule has 2 N–H and O–H groups in total. The van der Waals surface area contributed by atoms with Crippen molar-refractivity contribution in [3.05, 3.63) is 76.6 Å². The van der Waals surface area contributed by atoms with Crippen LogP contribution >= 0.6 is 0 Å². The van der Waals surface area contributed by atoms with E-state index in [9.17, 15) is 9.59 Å². The molecule has 4 rings (SSSR count). The van der Waals surface area contributed by atoms with E-state index in [1.54, 1.807) is 19.2 Å². The molecule has 0 fully saturated rings. The fourth-order valence-corrected chi connectivity index (χ4v) is 3.63. The summed E-state index contributed by atoms with van der Waals surface area (Å²) in [4.78, 5) is 24.9. The van der Waals surface area contributed by atoms with Crippen molar-refractivity contribution in [3.8, 4) is 5.69 Å². The first-order valence-corrected chi connectivity index (χ1v) is 9.38. The number of benzene rings is 2. The van der Waals surface area contributed by atoms with Gasteiger partial charge in [-0.2, -0.15) is 5.10 Å². The molecule has 1 heterocycles. The Kier molecular flexibility index (Phi) is 4.69. The Labute approximate surface area is 163 Å². The Bertz CT molecular complexity index is 1050. The molecule has 28 heavy (non-hydrogen) atoms. The highest BCUT2D eigenvalue weighted by molar-refractivity contribution is 6.05. The zero-order valence-corrected chi connectivity index (χ0v) is 16.0. The molecule has 0 spiro atoms. The van der Waals surface area contributed by atoms with Crippen molar-refractivity contribution in [1.29, 1.82) is 0 Å². The van der Waals surface area contributed by atoms with Crippen molar-refractivity contribution in [2.75, 3.05) is 12.4 Å². The van der Waals surface area contributed by atoms with Crippen molar-refractivity contribution >= 4 is 17.5 Å². The minimum absolute atomic E-state index is 0.190. The van der Waals surface area contributed by atoms with Gasteiger partial charge in [-0.1, -0.05) is 24.3 Å². The van der Waals surface area contributed by atoms with Crippen molar-refractivity contribution < 1.29 is 9.59 Å². The van der Waals surface area contributed by atoms with Crippen molar-refractivity contribution in [2.45, 2.75) is 26.2 Å². The zero-order chi connectivity index (χ0) is 19.7.